The number of aromatic nitrogens is 1. The van der Waals surface area contributed by atoms with E-state index in [2.05, 4.69) is 42.5 Å². The van der Waals surface area contributed by atoms with Gasteiger partial charge in [0.1, 0.15) is 6.20 Å². The van der Waals surface area contributed by atoms with E-state index in [4.69, 9.17) is 0 Å². The first kappa shape index (κ1) is 12.9. The Hall–Kier alpha value is -1.57. The molecule has 1 heterocycles. The van der Waals surface area contributed by atoms with Crippen LogP contribution in [-0.2, 0) is 0 Å². The molecule has 0 fully saturated rings. The minimum absolute atomic E-state index is 0.541. The molecule has 0 saturated heterocycles. The van der Waals surface area contributed by atoms with Crippen LogP contribution in [-0.4, -0.2) is 11.0 Å². The summed E-state index contributed by atoms with van der Waals surface area (Å²) in [4.78, 5) is 4.37. The SMILES string of the molecule is CCCC(CCC)Nc1[c]nc2ccccc2c1. The topological polar surface area (TPSA) is 24.9 Å². The smallest absolute Gasteiger partial charge is 0.115 e. The molecule has 2 aromatic rings. The molecule has 0 saturated carbocycles. The van der Waals surface area contributed by atoms with E-state index in [9.17, 15) is 0 Å². The molecule has 1 radical (unpaired) electrons. The van der Waals surface area contributed by atoms with E-state index in [-0.39, 0.29) is 0 Å². The Morgan fingerprint density at radius 3 is 2.61 bits per heavy atom. The summed E-state index contributed by atoms with van der Waals surface area (Å²) < 4.78 is 0. The van der Waals surface area contributed by atoms with Crippen molar-refractivity contribution >= 4 is 16.6 Å². The van der Waals surface area contributed by atoms with Crippen LogP contribution in [0, 0.1) is 6.20 Å². The van der Waals surface area contributed by atoms with Crippen molar-refractivity contribution in [2.24, 2.45) is 0 Å². The number of nitrogens with zero attached hydrogens (tertiary/aromatic N) is 1. The first-order valence-corrected chi connectivity index (χ1v) is 6.87. The molecule has 0 amide bonds. The maximum atomic E-state index is 4.37. The van der Waals surface area contributed by atoms with Gasteiger partial charge in [0.05, 0.1) is 11.2 Å². The molecule has 2 nitrogen and oxygen atoms in total. The summed E-state index contributed by atoms with van der Waals surface area (Å²) in [6, 6.07) is 10.8. The van der Waals surface area contributed by atoms with E-state index < -0.39 is 0 Å². The largest absolute Gasteiger partial charge is 0.380 e. The summed E-state index contributed by atoms with van der Waals surface area (Å²) in [5.41, 5.74) is 2.02. The van der Waals surface area contributed by atoms with Crippen LogP contribution in [0.5, 0.6) is 0 Å². The summed E-state index contributed by atoms with van der Waals surface area (Å²) >= 11 is 0. The fourth-order valence-corrected chi connectivity index (χ4v) is 2.30. The lowest BCUT2D eigenvalue weighted by Crippen LogP contribution is -2.19. The van der Waals surface area contributed by atoms with Crippen molar-refractivity contribution in [3.8, 4) is 0 Å². The predicted molar refractivity (Wildman–Crippen MR) is 77.8 cm³/mol. The number of pyridine rings is 1. The van der Waals surface area contributed by atoms with Gasteiger partial charge in [-0.3, -0.25) is 0 Å². The maximum absolute atomic E-state index is 4.37. The first-order valence-electron chi connectivity index (χ1n) is 6.87. The summed E-state index contributed by atoms with van der Waals surface area (Å²) in [6.07, 6.45) is 7.92. The third-order valence-corrected chi connectivity index (χ3v) is 3.17. The third kappa shape index (κ3) is 3.22. The number of benzene rings is 1. The first-order chi connectivity index (χ1) is 8.83. The highest BCUT2D eigenvalue weighted by Crippen LogP contribution is 2.18. The second kappa shape index (κ2) is 6.39. The maximum Gasteiger partial charge on any atom is 0.115 e. The van der Waals surface area contributed by atoms with Gasteiger partial charge >= 0.3 is 0 Å². The van der Waals surface area contributed by atoms with E-state index in [1.807, 2.05) is 18.2 Å². The highest BCUT2D eigenvalue weighted by molar-refractivity contribution is 5.81. The minimum atomic E-state index is 0.541. The molecule has 2 rings (SSSR count). The summed E-state index contributed by atoms with van der Waals surface area (Å²) in [5, 5.41) is 4.73. The monoisotopic (exact) mass is 241 g/mol. The molecule has 1 aromatic carbocycles. The fraction of sp³-hybridized carbons (Fsp3) is 0.438. The van der Waals surface area contributed by atoms with Gasteiger partial charge in [-0.25, -0.2) is 4.98 Å². The zero-order valence-electron chi connectivity index (χ0n) is 11.2. The van der Waals surface area contributed by atoms with Crippen molar-refractivity contribution in [1.82, 2.24) is 4.98 Å². The van der Waals surface area contributed by atoms with Gasteiger partial charge in [-0.05, 0) is 25.0 Å². The van der Waals surface area contributed by atoms with Gasteiger partial charge in [-0.15, -0.1) is 0 Å². The number of hydrogen-bond donors (Lipinski definition) is 1. The molecular weight excluding hydrogens is 220 g/mol. The molecule has 0 aliphatic carbocycles. The normalized spacial score (nSPS) is 11.1. The summed E-state index contributed by atoms with van der Waals surface area (Å²) in [7, 11) is 0. The highest BCUT2D eigenvalue weighted by atomic mass is 14.9. The Labute approximate surface area is 109 Å². The van der Waals surface area contributed by atoms with Crippen LogP contribution in [0.3, 0.4) is 0 Å². The zero-order valence-corrected chi connectivity index (χ0v) is 11.2. The Balaban J connectivity index is 2.14. The van der Waals surface area contributed by atoms with Gasteiger partial charge < -0.3 is 5.32 Å². The lowest BCUT2D eigenvalue weighted by Gasteiger charge is -2.18. The molecule has 0 aliphatic heterocycles. The van der Waals surface area contributed by atoms with Crippen LogP contribution < -0.4 is 5.32 Å². The lowest BCUT2D eigenvalue weighted by molar-refractivity contribution is 0.586. The molecule has 0 bridgehead atoms. The number of para-hydroxylation sites is 1. The highest BCUT2D eigenvalue weighted by Gasteiger charge is 2.07. The average Bonchev–Trinajstić information content (AvgIpc) is 2.39. The fourth-order valence-electron chi connectivity index (χ4n) is 2.30. The molecule has 0 aliphatic rings. The van der Waals surface area contributed by atoms with Gasteiger partial charge in [0, 0.05) is 11.4 Å². The van der Waals surface area contributed by atoms with Crippen LogP contribution in [0.2, 0.25) is 0 Å². The van der Waals surface area contributed by atoms with Gasteiger partial charge in [0.15, 0.2) is 0 Å². The summed E-state index contributed by atoms with van der Waals surface area (Å²) in [5.74, 6) is 0. The number of fused-ring (bicyclic) bond motifs is 1. The van der Waals surface area contributed by atoms with Gasteiger partial charge in [-0.2, -0.15) is 0 Å². The van der Waals surface area contributed by atoms with Gasteiger partial charge in [0.2, 0.25) is 0 Å². The minimum Gasteiger partial charge on any atom is -0.380 e. The number of rotatable bonds is 6. The Morgan fingerprint density at radius 2 is 1.89 bits per heavy atom. The second-order valence-electron chi connectivity index (χ2n) is 4.76. The van der Waals surface area contributed by atoms with Crippen molar-refractivity contribution in [2.45, 2.75) is 45.6 Å². The van der Waals surface area contributed by atoms with E-state index in [0.29, 0.717) is 6.04 Å². The van der Waals surface area contributed by atoms with Crippen molar-refractivity contribution in [3.63, 3.8) is 0 Å². The molecule has 0 unspecified atom stereocenters. The molecule has 95 valence electrons. The van der Waals surface area contributed by atoms with Crippen molar-refractivity contribution in [3.05, 3.63) is 36.5 Å². The van der Waals surface area contributed by atoms with Crippen LogP contribution >= 0.6 is 0 Å². The second-order valence-corrected chi connectivity index (χ2v) is 4.76. The van der Waals surface area contributed by atoms with Crippen molar-refractivity contribution in [2.75, 3.05) is 5.32 Å². The van der Waals surface area contributed by atoms with Crippen LogP contribution in [0.15, 0.2) is 30.3 Å². The Kier molecular flexibility index (Phi) is 4.57. The summed E-state index contributed by atoms with van der Waals surface area (Å²) in [6.45, 7) is 4.46. The number of anilines is 1. The Bertz CT molecular complexity index is 487. The van der Waals surface area contributed by atoms with Gasteiger partial charge in [0.25, 0.3) is 0 Å². The molecule has 0 spiro atoms. The van der Waals surface area contributed by atoms with E-state index in [1.54, 1.807) is 0 Å². The van der Waals surface area contributed by atoms with Crippen LogP contribution in [0.1, 0.15) is 39.5 Å². The van der Waals surface area contributed by atoms with Crippen molar-refractivity contribution in [1.29, 1.82) is 0 Å². The van der Waals surface area contributed by atoms with E-state index in [0.717, 1.165) is 11.2 Å². The van der Waals surface area contributed by atoms with E-state index in [1.165, 1.54) is 31.1 Å². The number of nitrogens with one attached hydrogen (secondary N) is 1. The molecule has 2 heteroatoms. The quantitative estimate of drug-likeness (QED) is 0.810. The molecular formula is C16H21N2. The van der Waals surface area contributed by atoms with E-state index >= 15 is 0 Å². The standard InChI is InChI=1S/C16H21N2/c1-3-7-14(8-4-2)18-15-11-13-9-5-6-10-16(13)17-12-15/h5-6,9-11,14,18H,3-4,7-8H2,1-2H3. The lowest BCUT2D eigenvalue weighted by atomic mass is 10.1. The van der Waals surface area contributed by atoms with Gasteiger partial charge in [-0.1, -0.05) is 44.9 Å². The molecule has 1 N–H and O–H groups in total. The van der Waals surface area contributed by atoms with Crippen molar-refractivity contribution < 1.29 is 0 Å². The zero-order chi connectivity index (χ0) is 12.8. The average molecular weight is 241 g/mol. The molecule has 0 atom stereocenters. The molecule has 1 aromatic heterocycles. The predicted octanol–water partition coefficient (Wildman–Crippen LogP) is 4.42. The van der Waals surface area contributed by atoms with Crippen LogP contribution in [0.25, 0.3) is 10.9 Å². The Morgan fingerprint density at radius 1 is 1.17 bits per heavy atom. The molecule has 18 heavy (non-hydrogen) atoms. The van der Waals surface area contributed by atoms with Crippen LogP contribution in [0.4, 0.5) is 5.69 Å². The number of hydrogen-bond acceptors (Lipinski definition) is 2. The third-order valence-electron chi connectivity index (χ3n) is 3.17.